The zero-order chi connectivity index (χ0) is 44.9. The molecule has 0 bridgehead atoms. The first-order valence-electron chi connectivity index (χ1n) is 23.4. The summed E-state index contributed by atoms with van der Waals surface area (Å²) < 4.78 is 17.2. The van der Waals surface area contributed by atoms with E-state index in [0.29, 0.717) is 19.3 Å². The number of carboxylic acid groups (broad SMARTS) is 1. The van der Waals surface area contributed by atoms with Gasteiger partial charge in [0.1, 0.15) is 6.61 Å². The molecule has 0 saturated carbocycles. The number of nitrogens with zero attached hydrogens (tertiary/aromatic N) is 1. The lowest BCUT2D eigenvalue weighted by molar-refractivity contribution is -0.887. The Kier molecular flexibility index (Phi) is 39.9. The number of carbonyl (C=O) groups is 3. The van der Waals surface area contributed by atoms with Gasteiger partial charge >= 0.3 is 17.9 Å². The lowest BCUT2D eigenvalue weighted by Gasteiger charge is -2.31. The first-order valence-corrected chi connectivity index (χ1v) is 23.4. The van der Waals surface area contributed by atoms with Crippen molar-refractivity contribution in [1.82, 2.24) is 0 Å². The van der Waals surface area contributed by atoms with Gasteiger partial charge in [-0.15, -0.1) is 0 Å². The fourth-order valence-corrected chi connectivity index (χ4v) is 6.12. The van der Waals surface area contributed by atoms with E-state index in [1.807, 2.05) is 21.1 Å². The van der Waals surface area contributed by atoms with E-state index in [2.05, 4.69) is 123 Å². The quantitative estimate of drug-likeness (QED) is 0.0284. The highest BCUT2D eigenvalue weighted by Crippen LogP contribution is 2.13. The molecule has 344 valence electrons. The maximum atomic E-state index is 12.8. The van der Waals surface area contributed by atoms with Crippen molar-refractivity contribution in [3.63, 3.8) is 0 Å². The molecule has 8 heteroatoms. The average Bonchev–Trinajstić information content (AvgIpc) is 3.22. The number of hydrogen-bond acceptors (Lipinski definition) is 6. The number of allylic oxidation sites excluding steroid dienone is 18. The molecular weight excluding hydrogens is 763 g/mol. The molecule has 0 heterocycles. The molecule has 8 nitrogen and oxygen atoms in total. The minimum atomic E-state index is -0.889. The molecular formula is C53H86NO7+. The Morgan fingerprint density at radius 1 is 0.492 bits per heavy atom. The summed E-state index contributed by atoms with van der Waals surface area (Å²) in [6.45, 7) is 4.42. The van der Waals surface area contributed by atoms with Crippen molar-refractivity contribution >= 4 is 17.9 Å². The van der Waals surface area contributed by atoms with E-state index in [0.717, 1.165) is 96.3 Å². The third-order valence-electron chi connectivity index (χ3n) is 9.67. The summed E-state index contributed by atoms with van der Waals surface area (Å²) in [7, 11) is 5.50. The smallest absolute Gasteiger partial charge is 0.362 e. The number of rotatable bonds is 40. The van der Waals surface area contributed by atoms with Gasteiger partial charge in [0.25, 0.3) is 0 Å². The van der Waals surface area contributed by atoms with Crippen LogP contribution in [0.15, 0.2) is 109 Å². The van der Waals surface area contributed by atoms with Gasteiger partial charge in [-0.25, -0.2) is 4.79 Å². The minimum Gasteiger partial charge on any atom is -0.477 e. The summed E-state index contributed by atoms with van der Waals surface area (Å²) in [5, 5.41) is 9.64. The van der Waals surface area contributed by atoms with Gasteiger partial charge in [-0.3, -0.25) is 9.59 Å². The number of carbonyl (C=O) groups excluding carboxylic acids is 2. The Balaban J connectivity index is 4.44. The maximum Gasteiger partial charge on any atom is 0.362 e. The second-order valence-electron chi connectivity index (χ2n) is 16.2. The zero-order valence-corrected chi connectivity index (χ0v) is 39.1. The normalized spacial score (nSPS) is 13.9. The number of unbranched alkanes of at least 4 members (excludes halogenated alkanes) is 8. The van der Waals surface area contributed by atoms with Crippen LogP contribution in [0.2, 0.25) is 0 Å². The van der Waals surface area contributed by atoms with Crippen LogP contribution in [-0.4, -0.2) is 80.6 Å². The van der Waals surface area contributed by atoms with E-state index in [-0.39, 0.29) is 42.7 Å². The molecule has 0 radical (unpaired) electrons. The monoisotopic (exact) mass is 849 g/mol. The SMILES string of the molecule is CC/C=C/C/C=C/C/C=C/C/C=C/C/C=C/CCCC(=O)OCC(COCCC(C(=O)O)[N+](C)(C)C)OC(=O)CCCCCCCCC/C=C/C/C=C/C/C=C/C/C=C/CC. The van der Waals surface area contributed by atoms with Crippen molar-refractivity contribution in [3.8, 4) is 0 Å². The van der Waals surface area contributed by atoms with Crippen LogP contribution in [0.5, 0.6) is 0 Å². The van der Waals surface area contributed by atoms with Crippen molar-refractivity contribution in [2.75, 3.05) is 41.0 Å². The van der Waals surface area contributed by atoms with Crippen LogP contribution in [0.1, 0.15) is 155 Å². The van der Waals surface area contributed by atoms with Crippen LogP contribution < -0.4 is 0 Å². The average molecular weight is 849 g/mol. The highest BCUT2D eigenvalue weighted by molar-refractivity contribution is 5.72. The van der Waals surface area contributed by atoms with Crippen LogP contribution in [0.4, 0.5) is 0 Å². The van der Waals surface area contributed by atoms with E-state index in [1.54, 1.807) is 0 Å². The molecule has 0 aliphatic rings. The van der Waals surface area contributed by atoms with Crippen LogP contribution in [0, 0.1) is 0 Å². The molecule has 1 N–H and O–H groups in total. The molecule has 0 aromatic heterocycles. The molecule has 0 fully saturated rings. The fourth-order valence-electron chi connectivity index (χ4n) is 6.12. The first-order chi connectivity index (χ1) is 29.6. The second kappa shape index (κ2) is 42.7. The molecule has 0 rings (SSSR count). The number of carboxylic acids is 1. The number of ether oxygens (including phenoxy) is 3. The Morgan fingerprint density at radius 3 is 1.33 bits per heavy atom. The Morgan fingerprint density at radius 2 is 0.885 bits per heavy atom. The van der Waals surface area contributed by atoms with E-state index >= 15 is 0 Å². The zero-order valence-electron chi connectivity index (χ0n) is 39.1. The number of esters is 2. The summed E-state index contributed by atoms with van der Waals surface area (Å²) in [5.74, 6) is -1.57. The molecule has 2 unspecified atom stereocenters. The van der Waals surface area contributed by atoms with Gasteiger partial charge in [0, 0.05) is 19.3 Å². The van der Waals surface area contributed by atoms with Crippen LogP contribution >= 0.6 is 0 Å². The third-order valence-corrected chi connectivity index (χ3v) is 9.67. The van der Waals surface area contributed by atoms with Crippen molar-refractivity contribution < 1.29 is 38.2 Å². The van der Waals surface area contributed by atoms with Gasteiger partial charge in [-0.05, 0) is 89.9 Å². The van der Waals surface area contributed by atoms with Gasteiger partial charge in [-0.2, -0.15) is 0 Å². The summed E-state index contributed by atoms with van der Waals surface area (Å²) in [6.07, 6.45) is 58.5. The fraction of sp³-hybridized carbons (Fsp3) is 0.604. The molecule has 2 atom stereocenters. The standard InChI is InChI=1S/C53H85NO7/c1-6-8-10-12-14-16-18-20-22-24-25-26-28-30-32-34-36-38-40-42-44-52(56)61-49(47-59-46-45-50(53(57)58)54(3,4)5)48-60-51(55)43-41-39-37-35-33-31-29-27-23-21-19-17-15-13-11-9-7-2/h8-11,14-17,20-23,25-26,29,31,35,37,49-50H,6-7,12-13,18-19,24,27-28,30,32-34,36,38-48H2,1-5H3/p+1/b10-8+,11-9+,16-14+,17-15+,22-20+,23-21+,26-25+,31-29+,37-35+. The van der Waals surface area contributed by atoms with Crippen molar-refractivity contribution in [2.24, 2.45) is 0 Å². The molecule has 0 aliphatic heterocycles. The van der Waals surface area contributed by atoms with E-state index in [4.69, 9.17) is 14.2 Å². The molecule has 0 spiro atoms. The molecule has 0 aromatic rings. The molecule has 61 heavy (non-hydrogen) atoms. The van der Waals surface area contributed by atoms with E-state index < -0.39 is 18.1 Å². The number of hydrogen-bond donors (Lipinski definition) is 1. The third kappa shape index (κ3) is 41.1. The van der Waals surface area contributed by atoms with Gasteiger partial charge < -0.3 is 23.8 Å². The lowest BCUT2D eigenvalue weighted by Crippen LogP contribution is -2.50. The molecule has 0 aliphatic carbocycles. The van der Waals surface area contributed by atoms with Gasteiger partial charge in [-0.1, -0.05) is 155 Å². The minimum absolute atomic E-state index is 0.0312. The van der Waals surface area contributed by atoms with Gasteiger partial charge in [0.15, 0.2) is 12.1 Å². The highest BCUT2D eigenvalue weighted by Gasteiger charge is 2.31. The Hall–Kier alpha value is -4.01. The molecule has 0 aromatic carbocycles. The summed E-state index contributed by atoms with van der Waals surface area (Å²) >= 11 is 0. The summed E-state index contributed by atoms with van der Waals surface area (Å²) in [5.41, 5.74) is 0. The topological polar surface area (TPSA) is 99.1 Å². The van der Waals surface area contributed by atoms with Crippen LogP contribution in [0.25, 0.3) is 0 Å². The number of aliphatic carboxylic acids is 1. The Bertz CT molecular complexity index is 1360. The Labute approximate surface area is 372 Å². The molecule has 0 amide bonds. The van der Waals surface area contributed by atoms with E-state index in [1.165, 1.54) is 19.3 Å². The van der Waals surface area contributed by atoms with Crippen LogP contribution in [0.3, 0.4) is 0 Å². The largest absolute Gasteiger partial charge is 0.477 e. The second-order valence-corrected chi connectivity index (χ2v) is 16.2. The van der Waals surface area contributed by atoms with Crippen molar-refractivity contribution in [1.29, 1.82) is 0 Å². The number of quaternary nitrogens is 1. The maximum absolute atomic E-state index is 12.8. The van der Waals surface area contributed by atoms with Crippen molar-refractivity contribution in [3.05, 3.63) is 109 Å². The lowest BCUT2D eigenvalue weighted by atomic mass is 10.1. The predicted molar refractivity (Wildman–Crippen MR) is 256 cm³/mol. The molecule has 0 saturated heterocycles. The predicted octanol–water partition coefficient (Wildman–Crippen LogP) is 13.2. The van der Waals surface area contributed by atoms with Crippen LogP contribution in [-0.2, 0) is 28.6 Å². The first kappa shape index (κ1) is 57.0. The highest BCUT2D eigenvalue weighted by atomic mass is 16.6. The van der Waals surface area contributed by atoms with Gasteiger partial charge in [0.05, 0.1) is 34.4 Å². The summed E-state index contributed by atoms with van der Waals surface area (Å²) in [6, 6.07) is -0.632. The van der Waals surface area contributed by atoms with Crippen molar-refractivity contribution in [2.45, 2.75) is 167 Å². The number of likely N-dealkylation sites (N-methyl/N-ethyl adjacent to an activating group) is 1. The summed E-state index contributed by atoms with van der Waals surface area (Å²) in [4.78, 5) is 37.1. The van der Waals surface area contributed by atoms with Gasteiger partial charge in [0.2, 0.25) is 0 Å². The van der Waals surface area contributed by atoms with E-state index in [9.17, 15) is 19.5 Å².